The van der Waals surface area contributed by atoms with Crippen LogP contribution in [0, 0.1) is 6.92 Å². The number of carboxylic acid groups (broad SMARTS) is 1. The zero-order valence-corrected chi connectivity index (χ0v) is 9.32. The molecule has 1 rings (SSSR count). The molecule has 0 spiro atoms. The van der Waals surface area contributed by atoms with Crippen LogP contribution in [-0.4, -0.2) is 21.3 Å². The van der Waals surface area contributed by atoms with E-state index in [1.54, 1.807) is 6.92 Å². The third-order valence-electron chi connectivity index (χ3n) is 2.23. The van der Waals surface area contributed by atoms with Crippen LogP contribution >= 0.6 is 11.6 Å². The highest BCUT2D eigenvalue weighted by molar-refractivity contribution is 6.33. The number of phenols is 2. The quantitative estimate of drug-likeness (QED) is 0.605. The number of nitrogens with two attached hydrogens (primary N) is 1. The molecule has 5 N–H and O–H groups in total. The molecule has 88 valence electrons. The molecule has 1 unspecified atom stereocenters. The fourth-order valence-electron chi connectivity index (χ4n) is 1.51. The largest absolute Gasteiger partial charge is 0.504 e. The number of aliphatic carboxylic acids is 1. The Kier molecular flexibility index (Phi) is 3.62. The lowest BCUT2D eigenvalue weighted by Gasteiger charge is -2.16. The Morgan fingerprint density at radius 1 is 1.56 bits per heavy atom. The number of halogens is 1. The van der Waals surface area contributed by atoms with Crippen LogP contribution in [0.3, 0.4) is 0 Å². The van der Waals surface area contributed by atoms with Gasteiger partial charge in [0.25, 0.3) is 0 Å². The molecule has 1 aromatic rings. The molecule has 0 saturated heterocycles. The maximum Gasteiger partial charge on any atom is 0.305 e. The van der Waals surface area contributed by atoms with E-state index in [1.165, 1.54) is 6.07 Å². The summed E-state index contributed by atoms with van der Waals surface area (Å²) in [7, 11) is 0. The van der Waals surface area contributed by atoms with E-state index in [-0.39, 0.29) is 17.2 Å². The predicted molar refractivity (Wildman–Crippen MR) is 58.7 cm³/mol. The smallest absolute Gasteiger partial charge is 0.305 e. The van der Waals surface area contributed by atoms with Crippen LogP contribution in [0.25, 0.3) is 0 Å². The monoisotopic (exact) mass is 245 g/mol. The van der Waals surface area contributed by atoms with Crippen LogP contribution in [0.5, 0.6) is 11.5 Å². The van der Waals surface area contributed by atoms with Gasteiger partial charge in [-0.25, -0.2) is 0 Å². The number of phenolic OH excluding ortho intramolecular Hbond substituents is 2. The average Bonchev–Trinajstić information content (AvgIpc) is 2.13. The van der Waals surface area contributed by atoms with Crippen molar-refractivity contribution in [2.75, 3.05) is 0 Å². The van der Waals surface area contributed by atoms with Gasteiger partial charge >= 0.3 is 5.97 Å². The summed E-state index contributed by atoms with van der Waals surface area (Å²) in [5, 5.41) is 27.2. The zero-order chi connectivity index (χ0) is 12.5. The number of carboxylic acids is 1. The molecule has 1 aromatic carbocycles. The van der Waals surface area contributed by atoms with E-state index in [1.807, 2.05) is 0 Å². The van der Waals surface area contributed by atoms with Crippen LogP contribution in [0.2, 0.25) is 5.02 Å². The Hall–Kier alpha value is -1.46. The van der Waals surface area contributed by atoms with E-state index in [0.29, 0.717) is 11.1 Å². The molecule has 1 atom stereocenters. The van der Waals surface area contributed by atoms with Gasteiger partial charge in [-0.05, 0) is 24.1 Å². The molecule has 0 aliphatic rings. The van der Waals surface area contributed by atoms with Gasteiger partial charge in [0.05, 0.1) is 11.4 Å². The number of carbonyl (C=O) groups is 1. The maximum absolute atomic E-state index is 10.5. The number of benzene rings is 1. The van der Waals surface area contributed by atoms with Crippen molar-refractivity contribution in [1.82, 2.24) is 0 Å². The van der Waals surface area contributed by atoms with Crippen molar-refractivity contribution in [3.63, 3.8) is 0 Å². The van der Waals surface area contributed by atoms with Crippen LogP contribution in [0.4, 0.5) is 0 Å². The number of rotatable bonds is 3. The highest BCUT2D eigenvalue weighted by atomic mass is 35.5. The lowest BCUT2D eigenvalue weighted by atomic mass is 9.98. The Morgan fingerprint density at radius 2 is 2.12 bits per heavy atom. The maximum atomic E-state index is 10.5. The molecule has 0 aliphatic carbocycles. The van der Waals surface area contributed by atoms with Crippen molar-refractivity contribution in [2.24, 2.45) is 5.73 Å². The number of hydrogen-bond acceptors (Lipinski definition) is 4. The first-order valence-corrected chi connectivity index (χ1v) is 4.90. The third-order valence-corrected chi connectivity index (χ3v) is 2.61. The first-order valence-electron chi connectivity index (χ1n) is 4.53. The van der Waals surface area contributed by atoms with Gasteiger partial charge in [0.2, 0.25) is 0 Å². The molecule has 5 nitrogen and oxygen atoms in total. The summed E-state index contributed by atoms with van der Waals surface area (Å²) in [6.45, 7) is 1.63. The van der Waals surface area contributed by atoms with Crippen molar-refractivity contribution in [3.05, 3.63) is 22.2 Å². The first-order chi connectivity index (χ1) is 7.34. The first kappa shape index (κ1) is 12.6. The third kappa shape index (κ3) is 2.37. The second-order valence-electron chi connectivity index (χ2n) is 3.49. The summed E-state index contributed by atoms with van der Waals surface area (Å²) in [4.78, 5) is 10.5. The summed E-state index contributed by atoms with van der Waals surface area (Å²) < 4.78 is 0. The van der Waals surface area contributed by atoms with E-state index >= 15 is 0 Å². The lowest BCUT2D eigenvalue weighted by Crippen LogP contribution is -2.16. The summed E-state index contributed by atoms with van der Waals surface area (Å²) >= 11 is 5.80. The van der Waals surface area contributed by atoms with Gasteiger partial charge in [-0.1, -0.05) is 11.6 Å². The number of aryl methyl sites for hydroxylation is 1. The summed E-state index contributed by atoms with van der Waals surface area (Å²) in [6, 6.07) is 0.467. The molecule has 0 saturated carbocycles. The Bertz CT molecular complexity index is 433. The minimum absolute atomic E-state index is 0.105. The molecular weight excluding hydrogens is 234 g/mol. The van der Waals surface area contributed by atoms with Crippen molar-refractivity contribution < 1.29 is 20.1 Å². The average molecular weight is 246 g/mol. The van der Waals surface area contributed by atoms with Gasteiger partial charge < -0.3 is 21.1 Å². The van der Waals surface area contributed by atoms with Crippen molar-refractivity contribution in [1.29, 1.82) is 0 Å². The topological polar surface area (TPSA) is 104 Å². The Balaban J connectivity index is 3.23. The summed E-state index contributed by atoms with van der Waals surface area (Å²) in [6.07, 6.45) is -0.301. The van der Waals surface area contributed by atoms with Crippen LogP contribution in [0.1, 0.15) is 23.6 Å². The minimum atomic E-state index is -1.06. The normalized spacial score (nSPS) is 12.4. The van der Waals surface area contributed by atoms with Crippen molar-refractivity contribution in [2.45, 2.75) is 19.4 Å². The number of hydrogen-bond donors (Lipinski definition) is 4. The summed E-state index contributed by atoms with van der Waals surface area (Å²) in [5.74, 6) is -1.90. The fourth-order valence-corrected chi connectivity index (χ4v) is 1.90. The van der Waals surface area contributed by atoms with Crippen LogP contribution in [0.15, 0.2) is 6.07 Å². The molecule has 16 heavy (non-hydrogen) atoms. The van der Waals surface area contributed by atoms with Crippen LogP contribution < -0.4 is 5.73 Å². The van der Waals surface area contributed by atoms with Crippen LogP contribution in [-0.2, 0) is 4.79 Å². The van der Waals surface area contributed by atoms with Gasteiger partial charge in [0, 0.05) is 6.04 Å². The highest BCUT2D eigenvalue weighted by Crippen LogP contribution is 2.40. The zero-order valence-electron chi connectivity index (χ0n) is 8.57. The molecule has 0 amide bonds. The Morgan fingerprint density at radius 3 is 2.62 bits per heavy atom. The lowest BCUT2D eigenvalue weighted by molar-refractivity contribution is -0.137. The van der Waals surface area contributed by atoms with E-state index in [4.69, 9.17) is 22.4 Å². The molecule has 0 bridgehead atoms. The summed E-state index contributed by atoms with van der Waals surface area (Å²) in [5.41, 5.74) is 6.53. The molecule has 0 aromatic heterocycles. The van der Waals surface area contributed by atoms with Gasteiger partial charge in [0.15, 0.2) is 11.5 Å². The van der Waals surface area contributed by atoms with Gasteiger partial charge in [0.1, 0.15) is 0 Å². The van der Waals surface area contributed by atoms with Crippen molar-refractivity contribution >= 4 is 17.6 Å². The molecule has 0 aliphatic heterocycles. The highest BCUT2D eigenvalue weighted by Gasteiger charge is 2.20. The SMILES string of the molecule is Cc1cc(O)c(O)c(Cl)c1C(N)CC(=O)O. The molecule has 6 heteroatoms. The molecular formula is C10H12ClNO4. The number of aromatic hydroxyl groups is 2. The second-order valence-corrected chi connectivity index (χ2v) is 3.87. The van der Waals surface area contributed by atoms with E-state index in [0.717, 1.165) is 0 Å². The van der Waals surface area contributed by atoms with E-state index in [9.17, 15) is 15.0 Å². The molecule has 0 heterocycles. The molecule has 0 radical (unpaired) electrons. The minimum Gasteiger partial charge on any atom is -0.504 e. The van der Waals surface area contributed by atoms with Gasteiger partial charge in [-0.3, -0.25) is 4.79 Å². The second kappa shape index (κ2) is 4.59. The van der Waals surface area contributed by atoms with E-state index in [2.05, 4.69) is 0 Å². The van der Waals surface area contributed by atoms with Gasteiger partial charge in [-0.2, -0.15) is 0 Å². The van der Waals surface area contributed by atoms with E-state index < -0.39 is 17.8 Å². The fraction of sp³-hybridized carbons (Fsp3) is 0.300. The Labute approximate surface area is 97.1 Å². The predicted octanol–water partition coefficient (Wildman–Crippen LogP) is 1.53. The molecule has 0 fully saturated rings. The standard InChI is InChI=1S/C10H12ClNO4/c1-4-2-6(13)10(16)9(11)8(4)5(12)3-7(14)15/h2,5,13,16H,3,12H2,1H3,(H,14,15). The van der Waals surface area contributed by atoms with Crippen molar-refractivity contribution in [3.8, 4) is 11.5 Å². The van der Waals surface area contributed by atoms with Gasteiger partial charge in [-0.15, -0.1) is 0 Å².